The molecule has 0 heterocycles. The van der Waals surface area contributed by atoms with Crippen LogP contribution < -0.4 is 9.64 Å². The SMILES string of the molecule is C.CCCC.COCCCCOc1cccc(N(C)c2ccc(C)cc2)c1.O. The van der Waals surface area contributed by atoms with Crippen LogP contribution in [0.25, 0.3) is 0 Å². The number of anilines is 2. The normalized spacial score (nSPS) is 9.32. The molecule has 2 aromatic carbocycles. The van der Waals surface area contributed by atoms with E-state index in [0.29, 0.717) is 0 Å². The third-order valence-electron chi connectivity index (χ3n) is 4.14. The number of unbranched alkanes of at least 4 members (excludes halogenated alkanes) is 2. The molecule has 0 saturated carbocycles. The van der Waals surface area contributed by atoms with Crippen LogP contribution in [0.3, 0.4) is 0 Å². The second-order valence-corrected chi connectivity index (χ2v) is 6.44. The molecule has 160 valence electrons. The van der Waals surface area contributed by atoms with E-state index in [-0.39, 0.29) is 12.9 Å². The fourth-order valence-electron chi connectivity index (χ4n) is 2.24. The molecule has 0 unspecified atom stereocenters. The Morgan fingerprint density at radius 1 is 0.857 bits per heavy atom. The fourth-order valence-corrected chi connectivity index (χ4v) is 2.24. The summed E-state index contributed by atoms with van der Waals surface area (Å²) in [6.45, 7) is 7.97. The first kappa shape index (κ1) is 28.2. The number of hydrogen-bond acceptors (Lipinski definition) is 3. The van der Waals surface area contributed by atoms with E-state index in [0.717, 1.165) is 37.5 Å². The number of nitrogens with zero attached hydrogens (tertiary/aromatic N) is 1. The van der Waals surface area contributed by atoms with Crippen LogP contribution in [0.15, 0.2) is 48.5 Å². The Morgan fingerprint density at radius 2 is 1.46 bits per heavy atom. The van der Waals surface area contributed by atoms with E-state index in [9.17, 15) is 0 Å². The molecule has 0 spiro atoms. The maximum absolute atomic E-state index is 5.82. The van der Waals surface area contributed by atoms with Gasteiger partial charge in [0.25, 0.3) is 0 Å². The lowest BCUT2D eigenvalue weighted by Crippen LogP contribution is -2.09. The van der Waals surface area contributed by atoms with Crippen LogP contribution >= 0.6 is 0 Å². The Labute approximate surface area is 172 Å². The number of ether oxygens (including phenoxy) is 2. The highest BCUT2D eigenvalue weighted by molar-refractivity contribution is 5.63. The van der Waals surface area contributed by atoms with Gasteiger partial charge in [-0.05, 0) is 44.0 Å². The second-order valence-electron chi connectivity index (χ2n) is 6.44. The van der Waals surface area contributed by atoms with Gasteiger partial charge >= 0.3 is 0 Å². The van der Waals surface area contributed by atoms with Crippen molar-refractivity contribution in [2.75, 3.05) is 32.3 Å². The molecule has 0 aliphatic heterocycles. The molecule has 2 N–H and O–H groups in total. The average molecular weight is 392 g/mol. The zero-order valence-electron chi connectivity index (χ0n) is 17.6. The first-order valence-corrected chi connectivity index (χ1v) is 9.64. The summed E-state index contributed by atoms with van der Waals surface area (Å²) in [5.41, 5.74) is 3.56. The maximum atomic E-state index is 5.82. The minimum atomic E-state index is 0. The number of benzene rings is 2. The molecule has 4 heteroatoms. The molecule has 0 atom stereocenters. The quantitative estimate of drug-likeness (QED) is 0.479. The highest BCUT2D eigenvalue weighted by atomic mass is 16.5. The van der Waals surface area contributed by atoms with Gasteiger partial charge < -0.3 is 19.8 Å². The average Bonchev–Trinajstić information content (AvgIpc) is 2.68. The van der Waals surface area contributed by atoms with E-state index in [1.54, 1.807) is 7.11 Å². The molecule has 0 aromatic heterocycles. The van der Waals surface area contributed by atoms with Crippen LogP contribution in [0.5, 0.6) is 5.75 Å². The van der Waals surface area contributed by atoms with Crippen molar-refractivity contribution in [3.8, 4) is 5.75 Å². The Morgan fingerprint density at radius 3 is 2.04 bits per heavy atom. The van der Waals surface area contributed by atoms with Crippen LogP contribution in [0, 0.1) is 6.92 Å². The lowest BCUT2D eigenvalue weighted by molar-refractivity contribution is 0.184. The smallest absolute Gasteiger partial charge is 0.121 e. The minimum absolute atomic E-state index is 0. The van der Waals surface area contributed by atoms with Gasteiger partial charge in [-0.25, -0.2) is 0 Å². The zero-order valence-corrected chi connectivity index (χ0v) is 17.6. The largest absolute Gasteiger partial charge is 0.494 e. The van der Waals surface area contributed by atoms with Crippen LogP contribution in [-0.4, -0.2) is 32.8 Å². The molecule has 0 saturated heterocycles. The Kier molecular flexibility index (Phi) is 17.2. The molecule has 0 amide bonds. The summed E-state index contributed by atoms with van der Waals surface area (Å²) < 4.78 is 10.9. The van der Waals surface area contributed by atoms with Crippen molar-refractivity contribution >= 4 is 11.4 Å². The topological polar surface area (TPSA) is 53.2 Å². The standard InChI is InChI=1S/C19H25NO2.C4H10.CH4.H2O/c1-16-9-11-17(12-10-16)20(2)18-7-6-8-19(15-18)22-14-5-4-13-21-3;1-3-4-2;;/h6-12,15H,4-5,13-14H2,1-3H3;3-4H2,1-2H3;1H4;1H2. The summed E-state index contributed by atoms with van der Waals surface area (Å²) in [4.78, 5) is 2.16. The van der Waals surface area contributed by atoms with Gasteiger partial charge in [0, 0.05) is 38.2 Å². The Balaban J connectivity index is 0. The molecule has 0 fully saturated rings. The molecule has 4 nitrogen and oxygen atoms in total. The molecule has 0 aliphatic carbocycles. The van der Waals surface area contributed by atoms with Crippen molar-refractivity contribution in [3.05, 3.63) is 54.1 Å². The lowest BCUT2D eigenvalue weighted by atomic mass is 10.2. The van der Waals surface area contributed by atoms with Crippen molar-refractivity contribution < 1.29 is 14.9 Å². The van der Waals surface area contributed by atoms with E-state index in [2.05, 4.69) is 69.1 Å². The van der Waals surface area contributed by atoms with Crippen molar-refractivity contribution in [1.82, 2.24) is 0 Å². The lowest BCUT2D eigenvalue weighted by Gasteiger charge is -2.20. The van der Waals surface area contributed by atoms with Crippen molar-refractivity contribution in [3.63, 3.8) is 0 Å². The third kappa shape index (κ3) is 11.0. The number of hydrogen-bond donors (Lipinski definition) is 0. The summed E-state index contributed by atoms with van der Waals surface area (Å²) >= 11 is 0. The van der Waals surface area contributed by atoms with Crippen molar-refractivity contribution in [1.29, 1.82) is 0 Å². The third-order valence-corrected chi connectivity index (χ3v) is 4.14. The van der Waals surface area contributed by atoms with Gasteiger partial charge in [0.15, 0.2) is 0 Å². The number of rotatable bonds is 9. The van der Waals surface area contributed by atoms with Gasteiger partial charge in [-0.15, -0.1) is 0 Å². The molecule has 2 aromatic rings. The fraction of sp³-hybridized carbons (Fsp3) is 0.500. The second kappa shape index (κ2) is 17.1. The summed E-state index contributed by atoms with van der Waals surface area (Å²) in [7, 11) is 3.80. The summed E-state index contributed by atoms with van der Waals surface area (Å²) in [5.74, 6) is 0.911. The zero-order chi connectivity index (χ0) is 19.2. The van der Waals surface area contributed by atoms with Gasteiger partial charge in [-0.2, -0.15) is 0 Å². The van der Waals surface area contributed by atoms with Gasteiger partial charge in [0.1, 0.15) is 5.75 Å². The van der Waals surface area contributed by atoms with Crippen LogP contribution in [0.2, 0.25) is 0 Å². The van der Waals surface area contributed by atoms with Crippen molar-refractivity contribution in [2.24, 2.45) is 0 Å². The van der Waals surface area contributed by atoms with E-state index in [1.807, 2.05) is 12.1 Å². The van der Waals surface area contributed by atoms with Crippen LogP contribution in [0.4, 0.5) is 11.4 Å². The Hall–Kier alpha value is -2.04. The maximum Gasteiger partial charge on any atom is 0.121 e. The summed E-state index contributed by atoms with van der Waals surface area (Å²) in [5, 5.41) is 0. The van der Waals surface area contributed by atoms with Gasteiger partial charge in [-0.3, -0.25) is 0 Å². The number of aryl methyl sites for hydroxylation is 1. The van der Waals surface area contributed by atoms with E-state index in [1.165, 1.54) is 24.1 Å². The molecule has 0 bridgehead atoms. The van der Waals surface area contributed by atoms with E-state index < -0.39 is 0 Å². The predicted molar refractivity (Wildman–Crippen MR) is 123 cm³/mol. The molecule has 28 heavy (non-hydrogen) atoms. The molecule has 2 rings (SSSR count). The number of methoxy groups -OCH3 is 1. The first-order valence-electron chi connectivity index (χ1n) is 9.64. The summed E-state index contributed by atoms with van der Waals surface area (Å²) in [6.07, 6.45) is 4.67. The minimum Gasteiger partial charge on any atom is -0.494 e. The van der Waals surface area contributed by atoms with E-state index in [4.69, 9.17) is 9.47 Å². The van der Waals surface area contributed by atoms with E-state index >= 15 is 0 Å². The van der Waals surface area contributed by atoms with Gasteiger partial charge in [0.2, 0.25) is 0 Å². The predicted octanol–water partition coefficient (Wildman–Crippen LogP) is 6.19. The van der Waals surface area contributed by atoms with Crippen molar-refractivity contribution in [2.45, 2.75) is 53.9 Å². The van der Waals surface area contributed by atoms with Gasteiger partial charge in [0.05, 0.1) is 6.61 Å². The summed E-state index contributed by atoms with van der Waals surface area (Å²) in [6, 6.07) is 16.7. The molecule has 0 radical (unpaired) electrons. The molecule has 0 aliphatic rings. The first-order chi connectivity index (χ1) is 12.6. The highest BCUT2D eigenvalue weighted by Crippen LogP contribution is 2.27. The highest BCUT2D eigenvalue weighted by Gasteiger charge is 2.05. The molecular weight excluding hydrogens is 350 g/mol. The van der Waals surface area contributed by atoms with Crippen LogP contribution in [-0.2, 0) is 4.74 Å². The van der Waals surface area contributed by atoms with Gasteiger partial charge in [-0.1, -0.05) is 57.9 Å². The van der Waals surface area contributed by atoms with Crippen LogP contribution in [0.1, 0.15) is 52.5 Å². The monoisotopic (exact) mass is 391 g/mol. The molecular formula is C24H41NO3. The Bertz CT molecular complexity index is 597.